The summed E-state index contributed by atoms with van der Waals surface area (Å²) in [5, 5.41) is 0.741. The average Bonchev–Trinajstić information content (AvgIpc) is 2.41. The van der Waals surface area contributed by atoms with Crippen LogP contribution < -0.4 is 5.43 Å². The molecule has 1 rings (SSSR count). The van der Waals surface area contributed by atoms with Gasteiger partial charge >= 0.3 is 12.3 Å². The highest BCUT2D eigenvalue weighted by atomic mass is 35.5. The second kappa shape index (κ2) is 7.90. The lowest BCUT2D eigenvalue weighted by Crippen LogP contribution is -2.48. The number of ether oxygens (including phenoxy) is 1. The number of amides is 2. The summed E-state index contributed by atoms with van der Waals surface area (Å²) >= 11 is 5.83. The smallest absolute Gasteiger partial charge is 0.429 e. The molecule has 0 aliphatic rings. The highest BCUT2D eigenvalue weighted by Gasteiger charge is 2.31. The fraction of sp³-hybridized carbons (Fsp3) is 0.533. The minimum absolute atomic E-state index is 0.0243. The molecule has 0 radical (unpaired) electrons. The second-order valence-corrected chi connectivity index (χ2v) is 6.61. The Kier molecular flexibility index (Phi) is 6.64. The van der Waals surface area contributed by atoms with Gasteiger partial charge < -0.3 is 4.74 Å². The van der Waals surface area contributed by atoms with E-state index >= 15 is 0 Å². The molecular weight excluding hydrogens is 363 g/mol. The molecule has 0 aliphatic heterocycles. The summed E-state index contributed by atoms with van der Waals surface area (Å²) in [6.45, 7) is 6.11. The molecule has 10 heteroatoms. The molecule has 0 saturated carbocycles. The third-order valence-electron chi connectivity index (χ3n) is 2.72. The van der Waals surface area contributed by atoms with Crippen molar-refractivity contribution in [3.8, 4) is 0 Å². The van der Waals surface area contributed by atoms with Crippen molar-refractivity contribution in [2.24, 2.45) is 0 Å². The third kappa shape index (κ3) is 7.16. The quantitative estimate of drug-likeness (QED) is 0.812. The summed E-state index contributed by atoms with van der Waals surface area (Å²) in [4.78, 5) is 27.0. The number of carbonyl (C=O) groups is 2. The Bertz CT molecular complexity index is 645. The highest BCUT2D eigenvalue weighted by molar-refractivity contribution is 6.31. The van der Waals surface area contributed by atoms with Crippen LogP contribution in [0.5, 0.6) is 0 Å². The van der Waals surface area contributed by atoms with E-state index in [0.717, 1.165) is 11.1 Å². The molecule has 0 aliphatic carbocycles. The molecule has 0 atom stereocenters. The summed E-state index contributed by atoms with van der Waals surface area (Å²) in [6.07, 6.45) is -4.66. The third-order valence-corrected chi connectivity index (χ3v) is 3.05. The lowest BCUT2D eigenvalue weighted by molar-refractivity contribution is -0.137. The number of hydrazine groups is 1. The predicted molar refractivity (Wildman–Crippen MR) is 84.7 cm³/mol. The Labute approximate surface area is 148 Å². The maximum Gasteiger partial charge on any atom is 0.429 e. The van der Waals surface area contributed by atoms with Gasteiger partial charge in [0.25, 0.3) is 0 Å². The summed E-state index contributed by atoms with van der Waals surface area (Å²) < 4.78 is 43.0. The zero-order valence-corrected chi connectivity index (χ0v) is 15.0. The van der Waals surface area contributed by atoms with Gasteiger partial charge in [-0.1, -0.05) is 11.6 Å². The summed E-state index contributed by atoms with van der Waals surface area (Å²) in [6, 6.07) is 0.764. The lowest BCUT2D eigenvalue weighted by atomic mass is 10.2. The van der Waals surface area contributed by atoms with Crippen LogP contribution in [-0.4, -0.2) is 34.1 Å². The van der Waals surface area contributed by atoms with Crippen molar-refractivity contribution in [1.29, 1.82) is 0 Å². The number of nitrogens with one attached hydrogen (secondary N) is 1. The van der Waals surface area contributed by atoms with Crippen molar-refractivity contribution in [3.63, 3.8) is 0 Å². The topological polar surface area (TPSA) is 71.5 Å². The van der Waals surface area contributed by atoms with Crippen LogP contribution >= 0.6 is 11.6 Å². The monoisotopic (exact) mass is 381 g/mol. The number of hydrogen-bond acceptors (Lipinski definition) is 4. The molecule has 1 aromatic heterocycles. The standard InChI is InChI=1S/C15H19ClF3N3O3/c1-9(23)21-22(13(24)25-14(2,3)4)6-5-12-11(16)7-10(8-20-12)15(17,18)19/h7-8H,5-6H2,1-4H3,(H,21,23). The van der Waals surface area contributed by atoms with Crippen LogP contribution in [0.1, 0.15) is 39.0 Å². The van der Waals surface area contributed by atoms with E-state index in [-0.39, 0.29) is 23.7 Å². The molecule has 1 N–H and O–H groups in total. The maximum atomic E-state index is 12.6. The van der Waals surface area contributed by atoms with Gasteiger partial charge in [-0.2, -0.15) is 13.2 Å². The van der Waals surface area contributed by atoms with E-state index < -0.39 is 29.3 Å². The maximum absolute atomic E-state index is 12.6. The Hall–Kier alpha value is -2.03. The van der Waals surface area contributed by atoms with E-state index in [9.17, 15) is 22.8 Å². The molecule has 0 unspecified atom stereocenters. The summed E-state index contributed by atoms with van der Waals surface area (Å²) in [5.74, 6) is -0.502. The van der Waals surface area contributed by atoms with Crippen molar-refractivity contribution >= 4 is 23.6 Å². The van der Waals surface area contributed by atoms with E-state index in [4.69, 9.17) is 16.3 Å². The van der Waals surface area contributed by atoms with Crippen LogP contribution in [0.25, 0.3) is 0 Å². The lowest BCUT2D eigenvalue weighted by Gasteiger charge is -2.27. The van der Waals surface area contributed by atoms with Crippen LogP contribution in [0.2, 0.25) is 5.02 Å². The van der Waals surface area contributed by atoms with Gasteiger partial charge in [-0.05, 0) is 26.8 Å². The zero-order valence-electron chi connectivity index (χ0n) is 14.2. The molecule has 140 valence electrons. The van der Waals surface area contributed by atoms with Crippen LogP contribution in [0.3, 0.4) is 0 Å². The van der Waals surface area contributed by atoms with Gasteiger partial charge in [0.1, 0.15) is 5.60 Å². The van der Waals surface area contributed by atoms with E-state index in [0.29, 0.717) is 6.20 Å². The number of nitrogens with zero attached hydrogens (tertiary/aromatic N) is 2. The molecule has 1 heterocycles. The zero-order chi connectivity index (χ0) is 19.4. The fourth-order valence-corrected chi connectivity index (χ4v) is 1.98. The first-order valence-electron chi connectivity index (χ1n) is 7.29. The summed E-state index contributed by atoms with van der Waals surface area (Å²) in [5.41, 5.74) is 0.712. The van der Waals surface area contributed by atoms with E-state index in [1.54, 1.807) is 20.8 Å². The number of pyridine rings is 1. The molecular formula is C15H19ClF3N3O3. The summed E-state index contributed by atoms with van der Waals surface area (Å²) in [7, 11) is 0. The Morgan fingerprint density at radius 2 is 1.92 bits per heavy atom. The normalized spacial score (nSPS) is 11.8. The van der Waals surface area contributed by atoms with Crippen molar-refractivity contribution in [2.75, 3.05) is 6.54 Å². The molecule has 0 bridgehead atoms. The second-order valence-electron chi connectivity index (χ2n) is 6.20. The molecule has 0 fully saturated rings. The molecule has 25 heavy (non-hydrogen) atoms. The minimum atomic E-state index is -4.55. The molecule has 0 aromatic carbocycles. The Morgan fingerprint density at radius 1 is 1.32 bits per heavy atom. The molecule has 0 saturated heterocycles. The number of carbonyl (C=O) groups excluding carboxylic acids is 2. The first-order valence-corrected chi connectivity index (χ1v) is 7.67. The largest absolute Gasteiger partial charge is 0.442 e. The molecule has 6 nitrogen and oxygen atoms in total. The highest BCUT2D eigenvalue weighted by Crippen LogP contribution is 2.31. The van der Waals surface area contributed by atoms with Crippen molar-refractivity contribution in [1.82, 2.24) is 15.4 Å². The number of aromatic nitrogens is 1. The van der Waals surface area contributed by atoms with Gasteiger partial charge in [0.15, 0.2) is 0 Å². The van der Waals surface area contributed by atoms with Crippen LogP contribution in [0.4, 0.5) is 18.0 Å². The van der Waals surface area contributed by atoms with E-state index in [2.05, 4.69) is 10.4 Å². The van der Waals surface area contributed by atoms with Crippen LogP contribution in [-0.2, 0) is 22.1 Å². The number of hydrogen-bond donors (Lipinski definition) is 1. The van der Waals surface area contributed by atoms with E-state index in [1.807, 2.05) is 0 Å². The fourth-order valence-electron chi connectivity index (χ4n) is 1.72. The van der Waals surface area contributed by atoms with Gasteiger partial charge in [-0.25, -0.2) is 9.80 Å². The van der Waals surface area contributed by atoms with Crippen molar-refractivity contribution in [3.05, 3.63) is 28.5 Å². The van der Waals surface area contributed by atoms with Crippen LogP contribution in [0, 0.1) is 0 Å². The number of halogens is 4. The molecule has 2 amide bonds. The average molecular weight is 382 g/mol. The van der Waals surface area contributed by atoms with Gasteiger partial charge in [0.2, 0.25) is 5.91 Å². The van der Waals surface area contributed by atoms with Gasteiger partial charge in [-0.15, -0.1) is 0 Å². The van der Waals surface area contributed by atoms with Gasteiger partial charge in [-0.3, -0.25) is 15.2 Å². The molecule has 0 spiro atoms. The van der Waals surface area contributed by atoms with E-state index in [1.165, 1.54) is 6.92 Å². The number of alkyl halides is 3. The van der Waals surface area contributed by atoms with Gasteiger partial charge in [0, 0.05) is 19.5 Å². The predicted octanol–water partition coefficient (Wildman–Crippen LogP) is 3.58. The minimum Gasteiger partial charge on any atom is -0.442 e. The first-order chi connectivity index (χ1) is 11.3. The van der Waals surface area contributed by atoms with Crippen molar-refractivity contribution < 1.29 is 27.5 Å². The SMILES string of the molecule is CC(=O)NN(CCc1ncc(C(F)(F)F)cc1Cl)C(=O)OC(C)(C)C. The molecule has 1 aromatic rings. The van der Waals surface area contributed by atoms with Crippen LogP contribution in [0.15, 0.2) is 12.3 Å². The van der Waals surface area contributed by atoms with Gasteiger partial charge in [0.05, 0.1) is 22.8 Å². The Morgan fingerprint density at radius 3 is 2.36 bits per heavy atom. The number of rotatable bonds is 3. The van der Waals surface area contributed by atoms with Crippen molar-refractivity contribution in [2.45, 2.75) is 45.9 Å². The first kappa shape index (κ1) is 21.0. The Balaban J connectivity index is 2.86.